The van der Waals surface area contributed by atoms with Crippen LogP contribution in [0.25, 0.3) is 0 Å². The largest absolute Gasteiger partial charge is 0.470 e. The van der Waals surface area contributed by atoms with Crippen LogP contribution in [0.15, 0.2) is 6.20 Å². The van der Waals surface area contributed by atoms with Crippen molar-refractivity contribution < 1.29 is 14.4 Å². The molecule has 8 nitrogen and oxygen atoms in total. The van der Waals surface area contributed by atoms with Crippen molar-refractivity contribution in [3.63, 3.8) is 0 Å². The Hall–Kier alpha value is -1.96. The first kappa shape index (κ1) is 17.1. The third-order valence-electron chi connectivity index (χ3n) is 2.57. The molecule has 0 atom stereocenters. The fraction of sp³-hybridized carbons (Fsp3) is 0.692. The predicted molar refractivity (Wildman–Crippen MR) is 78.7 cm³/mol. The van der Waals surface area contributed by atoms with Gasteiger partial charge in [-0.15, -0.1) is 0 Å². The first-order chi connectivity index (χ1) is 10.2. The fourth-order valence-corrected chi connectivity index (χ4v) is 1.46. The molecule has 1 N–H and O–H groups in total. The van der Waals surface area contributed by atoms with Crippen LogP contribution < -0.4 is 10.1 Å². The maximum atomic E-state index is 10.9. The molecular formula is C13H22N4O4. The molecule has 0 amide bonds. The summed E-state index contributed by atoms with van der Waals surface area (Å²) in [6, 6.07) is 0. The number of aromatic nitrogens is 2. The Labute approximate surface area is 124 Å². The molecule has 1 aromatic rings. The van der Waals surface area contributed by atoms with Crippen LogP contribution in [0.4, 0.5) is 11.6 Å². The quantitative estimate of drug-likeness (QED) is 0.380. The minimum absolute atomic E-state index is 0.0345. The second kappa shape index (κ2) is 9.87. The highest BCUT2D eigenvalue weighted by atomic mass is 16.6. The second-order valence-electron chi connectivity index (χ2n) is 4.38. The van der Waals surface area contributed by atoms with Gasteiger partial charge in [-0.25, -0.2) is 4.98 Å². The lowest BCUT2D eigenvalue weighted by molar-refractivity contribution is -0.386. The minimum atomic E-state index is -0.559. The molecule has 0 spiro atoms. The van der Waals surface area contributed by atoms with E-state index in [4.69, 9.17) is 9.47 Å². The lowest BCUT2D eigenvalue weighted by atomic mass is 10.4. The number of nitro groups is 1. The number of anilines is 1. The van der Waals surface area contributed by atoms with Gasteiger partial charge in [-0.05, 0) is 12.8 Å². The van der Waals surface area contributed by atoms with E-state index in [1.807, 2.05) is 6.92 Å². The Morgan fingerprint density at radius 1 is 1.29 bits per heavy atom. The van der Waals surface area contributed by atoms with Gasteiger partial charge in [0.1, 0.15) is 12.8 Å². The minimum Gasteiger partial charge on any atom is -0.470 e. The molecule has 0 radical (unpaired) electrons. The molecular weight excluding hydrogens is 276 g/mol. The summed E-state index contributed by atoms with van der Waals surface area (Å²) in [6.07, 6.45) is 4.10. The van der Waals surface area contributed by atoms with Gasteiger partial charge in [0.25, 0.3) is 5.88 Å². The Bertz CT molecular complexity index is 442. The zero-order valence-corrected chi connectivity index (χ0v) is 12.5. The fourth-order valence-electron chi connectivity index (χ4n) is 1.46. The van der Waals surface area contributed by atoms with Gasteiger partial charge in [-0.1, -0.05) is 20.3 Å². The molecule has 21 heavy (non-hydrogen) atoms. The van der Waals surface area contributed by atoms with Crippen molar-refractivity contribution in [2.45, 2.75) is 33.1 Å². The number of rotatable bonds is 11. The molecule has 0 fully saturated rings. The van der Waals surface area contributed by atoms with Gasteiger partial charge in [0.2, 0.25) is 5.95 Å². The highest BCUT2D eigenvalue weighted by Gasteiger charge is 2.18. The summed E-state index contributed by atoms with van der Waals surface area (Å²) in [4.78, 5) is 18.3. The smallest absolute Gasteiger partial charge is 0.349 e. The van der Waals surface area contributed by atoms with Crippen molar-refractivity contribution in [1.82, 2.24) is 9.97 Å². The van der Waals surface area contributed by atoms with E-state index in [0.717, 1.165) is 25.5 Å². The third-order valence-corrected chi connectivity index (χ3v) is 2.57. The second-order valence-corrected chi connectivity index (χ2v) is 4.38. The molecule has 1 rings (SSSR count). The van der Waals surface area contributed by atoms with Crippen molar-refractivity contribution in [3.05, 3.63) is 16.3 Å². The van der Waals surface area contributed by atoms with E-state index in [0.29, 0.717) is 25.7 Å². The molecule has 0 aliphatic carbocycles. The summed E-state index contributed by atoms with van der Waals surface area (Å²) in [5.74, 6) is 0.289. The predicted octanol–water partition coefficient (Wildman–Crippen LogP) is 2.40. The van der Waals surface area contributed by atoms with Crippen LogP contribution in [0.2, 0.25) is 0 Å². The SMILES string of the molecule is CCCCOCCOc1nc(NCCC)ncc1[N+](=O)[O-]. The molecule has 0 bridgehead atoms. The molecule has 0 unspecified atom stereocenters. The lowest BCUT2D eigenvalue weighted by Gasteiger charge is -2.08. The van der Waals surface area contributed by atoms with Crippen LogP contribution in [0.1, 0.15) is 33.1 Å². The van der Waals surface area contributed by atoms with E-state index in [1.54, 1.807) is 0 Å². The van der Waals surface area contributed by atoms with E-state index >= 15 is 0 Å². The van der Waals surface area contributed by atoms with Crippen molar-refractivity contribution >= 4 is 11.6 Å². The van der Waals surface area contributed by atoms with Crippen molar-refractivity contribution in [1.29, 1.82) is 0 Å². The Morgan fingerprint density at radius 2 is 2.10 bits per heavy atom. The van der Waals surface area contributed by atoms with Crippen LogP contribution in [-0.4, -0.2) is 41.3 Å². The van der Waals surface area contributed by atoms with Gasteiger partial charge >= 0.3 is 5.69 Å². The average molecular weight is 298 g/mol. The standard InChI is InChI=1S/C13H22N4O4/c1-3-5-7-20-8-9-21-12-11(17(18)19)10-15-13(16-12)14-6-4-2/h10H,3-9H2,1-2H3,(H,14,15,16). The Kier molecular flexibility index (Phi) is 8.03. The molecule has 8 heteroatoms. The lowest BCUT2D eigenvalue weighted by Crippen LogP contribution is -2.11. The van der Waals surface area contributed by atoms with Crippen molar-refractivity contribution in [3.8, 4) is 5.88 Å². The van der Waals surface area contributed by atoms with Crippen LogP contribution in [0.5, 0.6) is 5.88 Å². The van der Waals surface area contributed by atoms with Gasteiger partial charge in [0.15, 0.2) is 0 Å². The maximum Gasteiger partial charge on any atom is 0.349 e. The average Bonchev–Trinajstić information content (AvgIpc) is 2.48. The molecule has 0 saturated heterocycles. The van der Waals surface area contributed by atoms with Crippen molar-refractivity contribution in [2.24, 2.45) is 0 Å². The van der Waals surface area contributed by atoms with Crippen LogP contribution in [0, 0.1) is 10.1 Å². The van der Waals surface area contributed by atoms with Crippen LogP contribution in [0.3, 0.4) is 0 Å². The summed E-state index contributed by atoms with van der Waals surface area (Å²) in [7, 11) is 0. The summed E-state index contributed by atoms with van der Waals surface area (Å²) >= 11 is 0. The molecule has 0 saturated carbocycles. The van der Waals surface area contributed by atoms with Gasteiger partial charge in [0.05, 0.1) is 11.5 Å². The summed E-state index contributed by atoms with van der Waals surface area (Å²) in [6.45, 7) is 6.03. The molecule has 0 aromatic carbocycles. The maximum absolute atomic E-state index is 10.9. The number of hydrogen-bond acceptors (Lipinski definition) is 7. The van der Waals surface area contributed by atoms with E-state index in [9.17, 15) is 10.1 Å². The van der Waals surface area contributed by atoms with Gasteiger partial charge in [-0.2, -0.15) is 4.98 Å². The normalized spacial score (nSPS) is 10.4. The summed E-state index contributed by atoms with van der Waals surface area (Å²) < 4.78 is 10.7. The molecule has 1 heterocycles. The highest BCUT2D eigenvalue weighted by molar-refractivity contribution is 5.43. The monoisotopic (exact) mass is 298 g/mol. The first-order valence-electron chi connectivity index (χ1n) is 7.14. The van der Waals surface area contributed by atoms with Gasteiger partial charge < -0.3 is 14.8 Å². The van der Waals surface area contributed by atoms with Gasteiger partial charge in [0, 0.05) is 13.2 Å². The zero-order chi connectivity index (χ0) is 15.5. The third kappa shape index (κ3) is 6.35. The number of ether oxygens (including phenoxy) is 2. The number of nitrogens with zero attached hydrogens (tertiary/aromatic N) is 3. The van der Waals surface area contributed by atoms with E-state index in [2.05, 4.69) is 22.2 Å². The summed E-state index contributed by atoms with van der Waals surface area (Å²) in [5, 5.41) is 13.9. The van der Waals surface area contributed by atoms with Gasteiger partial charge in [-0.3, -0.25) is 10.1 Å². The van der Waals surface area contributed by atoms with Crippen molar-refractivity contribution in [2.75, 3.05) is 31.7 Å². The van der Waals surface area contributed by atoms with Crippen LogP contribution >= 0.6 is 0 Å². The topological polar surface area (TPSA) is 99.4 Å². The number of nitrogens with one attached hydrogen (secondary N) is 1. The Morgan fingerprint density at radius 3 is 2.76 bits per heavy atom. The molecule has 118 valence electrons. The highest BCUT2D eigenvalue weighted by Crippen LogP contribution is 2.24. The molecule has 0 aliphatic rings. The molecule has 0 aliphatic heterocycles. The Balaban J connectivity index is 2.57. The van der Waals surface area contributed by atoms with E-state index in [-0.39, 0.29) is 18.2 Å². The van der Waals surface area contributed by atoms with E-state index in [1.165, 1.54) is 0 Å². The first-order valence-corrected chi connectivity index (χ1v) is 7.14. The molecule has 1 aromatic heterocycles. The number of unbranched alkanes of at least 4 members (excludes halogenated alkanes) is 1. The number of hydrogen-bond donors (Lipinski definition) is 1. The van der Waals surface area contributed by atoms with E-state index < -0.39 is 4.92 Å². The summed E-state index contributed by atoms with van der Waals surface area (Å²) in [5.41, 5.74) is -0.245. The van der Waals surface area contributed by atoms with Crippen LogP contribution in [-0.2, 0) is 4.74 Å². The zero-order valence-electron chi connectivity index (χ0n) is 12.5.